The van der Waals surface area contributed by atoms with Crippen molar-refractivity contribution >= 4 is 10.1 Å². The summed E-state index contributed by atoms with van der Waals surface area (Å²) in [6, 6.07) is 0. The van der Waals surface area contributed by atoms with E-state index in [2.05, 4.69) is 0 Å². The number of fused-ring (bicyclic) bond motifs is 1. The zero-order chi connectivity index (χ0) is 17.3. The van der Waals surface area contributed by atoms with E-state index in [4.69, 9.17) is 27.9 Å². The highest BCUT2D eigenvalue weighted by Gasteiger charge is 2.57. The van der Waals surface area contributed by atoms with Crippen molar-refractivity contribution in [1.29, 1.82) is 0 Å². The van der Waals surface area contributed by atoms with Gasteiger partial charge in [-0.2, -0.15) is 8.42 Å². The predicted molar refractivity (Wildman–Crippen MR) is 80.0 cm³/mol. The lowest BCUT2D eigenvalue weighted by atomic mass is 10.1. The van der Waals surface area contributed by atoms with Gasteiger partial charge in [-0.05, 0) is 20.8 Å². The quantitative estimate of drug-likeness (QED) is 0.490. The second kappa shape index (κ2) is 7.04. The van der Waals surface area contributed by atoms with E-state index in [1.54, 1.807) is 26.8 Å². The Bertz CT molecular complexity index is 529. The molecule has 2 aliphatic heterocycles. The minimum atomic E-state index is -3.60. The summed E-state index contributed by atoms with van der Waals surface area (Å²) in [6.07, 6.45) is 1.33. The summed E-state index contributed by atoms with van der Waals surface area (Å²) in [4.78, 5) is 0. The van der Waals surface area contributed by atoms with Crippen molar-refractivity contribution in [1.82, 2.24) is 0 Å². The summed E-state index contributed by atoms with van der Waals surface area (Å²) in [5, 5.41) is 0. The molecule has 0 aliphatic carbocycles. The maximum atomic E-state index is 11.2. The van der Waals surface area contributed by atoms with Gasteiger partial charge in [-0.25, -0.2) is 0 Å². The lowest BCUT2D eigenvalue weighted by molar-refractivity contribution is -0.229. The summed E-state index contributed by atoms with van der Waals surface area (Å²) in [7, 11) is -2.07. The van der Waals surface area contributed by atoms with Crippen molar-refractivity contribution in [2.24, 2.45) is 0 Å². The molecule has 0 aromatic heterocycles. The molecule has 0 radical (unpaired) electrons. The van der Waals surface area contributed by atoms with Gasteiger partial charge in [-0.3, -0.25) is 4.18 Å². The molecule has 0 aromatic rings. The summed E-state index contributed by atoms with van der Waals surface area (Å²) in [5.41, 5.74) is 0. The molecule has 0 amide bonds. The normalized spacial score (nSPS) is 34.7. The Morgan fingerprint density at radius 3 is 2.57 bits per heavy atom. The Kier molecular flexibility index (Phi) is 5.70. The van der Waals surface area contributed by atoms with Crippen LogP contribution in [0.3, 0.4) is 0 Å². The first-order valence-corrected chi connectivity index (χ1v) is 9.13. The lowest BCUT2D eigenvalue weighted by Gasteiger charge is -2.29. The fourth-order valence-electron chi connectivity index (χ4n) is 2.65. The highest BCUT2D eigenvalue weighted by atomic mass is 32.2. The number of hydrogen-bond acceptors (Lipinski definition) is 8. The van der Waals surface area contributed by atoms with E-state index in [0.717, 1.165) is 6.26 Å². The third-order valence-electron chi connectivity index (χ3n) is 3.50. The van der Waals surface area contributed by atoms with Crippen LogP contribution in [0, 0.1) is 0 Å². The molecule has 0 saturated carbocycles. The van der Waals surface area contributed by atoms with E-state index < -0.39 is 46.6 Å². The van der Waals surface area contributed by atoms with Gasteiger partial charge in [0.25, 0.3) is 10.1 Å². The maximum Gasteiger partial charge on any atom is 0.264 e. The van der Waals surface area contributed by atoms with Crippen LogP contribution in [-0.4, -0.2) is 64.9 Å². The Morgan fingerprint density at radius 1 is 1.30 bits per heavy atom. The average molecular weight is 352 g/mol. The van der Waals surface area contributed by atoms with Crippen LogP contribution in [0.5, 0.6) is 0 Å². The van der Waals surface area contributed by atoms with Gasteiger partial charge in [-0.1, -0.05) is 6.08 Å². The third-order valence-corrected chi connectivity index (χ3v) is 4.07. The Balaban J connectivity index is 2.12. The molecule has 0 unspecified atom stereocenters. The molecule has 2 aliphatic rings. The first-order chi connectivity index (χ1) is 10.7. The van der Waals surface area contributed by atoms with Crippen LogP contribution in [-0.2, 0) is 38.0 Å². The van der Waals surface area contributed by atoms with Gasteiger partial charge in [0.2, 0.25) is 0 Å². The first-order valence-electron chi connectivity index (χ1n) is 7.32. The van der Waals surface area contributed by atoms with Crippen molar-refractivity contribution in [2.75, 3.05) is 20.0 Å². The van der Waals surface area contributed by atoms with Crippen LogP contribution in [0.25, 0.3) is 0 Å². The fraction of sp³-hybridized carbons (Fsp3) is 0.857. The molecule has 0 aromatic carbocycles. The van der Waals surface area contributed by atoms with Crippen LogP contribution in [0.15, 0.2) is 12.3 Å². The highest BCUT2D eigenvalue weighted by Crippen LogP contribution is 2.39. The van der Waals surface area contributed by atoms with Gasteiger partial charge in [0.05, 0.1) is 12.5 Å². The molecule has 2 fully saturated rings. The zero-order valence-corrected chi connectivity index (χ0v) is 14.7. The average Bonchev–Trinajstić information content (AvgIpc) is 2.89. The summed E-state index contributed by atoms with van der Waals surface area (Å²) in [5.74, 6) is -0.764. The smallest absolute Gasteiger partial charge is 0.264 e. The molecule has 5 atom stereocenters. The van der Waals surface area contributed by atoms with Crippen LogP contribution in [0.2, 0.25) is 0 Å². The molecule has 134 valence electrons. The van der Waals surface area contributed by atoms with Gasteiger partial charge >= 0.3 is 0 Å². The number of methoxy groups -OCH3 is 1. The summed E-state index contributed by atoms with van der Waals surface area (Å²) < 4.78 is 55.7. The second-order valence-electron chi connectivity index (χ2n) is 5.90. The van der Waals surface area contributed by atoms with Crippen LogP contribution >= 0.6 is 0 Å². The van der Waals surface area contributed by atoms with Crippen molar-refractivity contribution in [3.8, 4) is 0 Å². The lowest BCUT2D eigenvalue weighted by Crippen LogP contribution is -2.44. The third kappa shape index (κ3) is 4.65. The number of ether oxygens (including phenoxy) is 5. The van der Waals surface area contributed by atoms with E-state index in [0.29, 0.717) is 0 Å². The molecular formula is C14H24O8S. The van der Waals surface area contributed by atoms with Crippen LogP contribution in [0.4, 0.5) is 0 Å². The van der Waals surface area contributed by atoms with Gasteiger partial charge in [0, 0.05) is 7.11 Å². The molecule has 8 nitrogen and oxygen atoms in total. The molecule has 9 heteroatoms. The molecular weight excluding hydrogens is 328 g/mol. The molecule has 0 spiro atoms. The van der Waals surface area contributed by atoms with E-state index in [1.165, 1.54) is 13.4 Å². The van der Waals surface area contributed by atoms with Gasteiger partial charge in [0.1, 0.15) is 24.9 Å². The fourth-order valence-corrected chi connectivity index (χ4v) is 3.03. The van der Waals surface area contributed by atoms with Crippen molar-refractivity contribution in [3.05, 3.63) is 12.3 Å². The van der Waals surface area contributed by atoms with Crippen molar-refractivity contribution < 1.29 is 36.3 Å². The summed E-state index contributed by atoms with van der Waals surface area (Å²) in [6.45, 7) is 5.16. The van der Waals surface area contributed by atoms with Gasteiger partial charge in [-0.15, -0.1) is 0 Å². The van der Waals surface area contributed by atoms with Crippen molar-refractivity contribution in [3.63, 3.8) is 0 Å². The van der Waals surface area contributed by atoms with Gasteiger partial charge in [0.15, 0.2) is 18.2 Å². The Morgan fingerprint density at radius 2 is 2.00 bits per heavy atom. The molecule has 0 bridgehead atoms. The summed E-state index contributed by atoms with van der Waals surface area (Å²) >= 11 is 0. The van der Waals surface area contributed by atoms with E-state index in [1.807, 2.05) is 0 Å². The standard InChI is InChI=1S/C14H24O8S/c1-6-7-18-9(8-19-23(5,15)16)10-11(17-4)12-13(20-10)22-14(2,3)21-12/h6-7,9-13H,8H2,1-5H3/b7-6-/t9-,10-,11+,12-,13-/m1/s1. The van der Waals surface area contributed by atoms with Gasteiger partial charge < -0.3 is 23.7 Å². The zero-order valence-electron chi connectivity index (χ0n) is 13.9. The highest BCUT2D eigenvalue weighted by molar-refractivity contribution is 7.85. The van der Waals surface area contributed by atoms with E-state index >= 15 is 0 Å². The Hall–Kier alpha value is -0.710. The van der Waals surface area contributed by atoms with E-state index in [-0.39, 0.29) is 6.61 Å². The number of hydrogen-bond donors (Lipinski definition) is 0. The number of rotatable bonds is 7. The predicted octanol–water partition coefficient (Wildman–Crippen LogP) is 0.773. The monoisotopic (exact) mass is 352 g/mol. The SMILES string of the molecule is C/C=C\O[C@H](COS(C)(=O)=O)[C@H]1O[C@@H]2OC(C)(C)O[C@@H]2[C@H]1OC. The maximum absolute atomic E-state index is 11.2. The first kappa shape index (κ1) is 18.6. The largest absolute Gasteiger partial charge is 0.493 e. The molecule has 0 N–H and O–H groups in total. The number of allylic oxidation sites excluding steroid dienone is 1. The van der Waals surface area contributed by atoms with Crippen LogP contribution in [0.1, 0.15) is 20.8 Å². The molecule has 2 heterocycles. The topological polar surface area (TPSA) is 89.5 Å². The molecule has 2 rings (SSSR count). The molecule has 2 saturated heterocycles. The Labute approximate surface area is 136 Å². The minimum Gasteiger partial charge on any atom is -0.493 e. The minimum absolute atomic E-state index is 0.198. The molecule has 23 heavy (non-hydrogen) atoms. The van der Waals surface area contributed by atoms with Crippen molar-refractivity contribution in [2.45, 2.75) is 57.3 Å². The van der Waals surface area contributed by atoms with E-state index in [9.17, 15) is 8.42 Å². The van der Waals surface area contributed by atoms with Crippen LogP contribution < -0.4 is 0 Å². The second-order valence-corrected chi connectivity index (χ2v) is 7.55.